The van der Waals surface area contributed by atoms with Crippen LogP contribution in [0.3, 0.4) is 0 Å². The van der Waals surface area contributed by atoms with Gasteiger partial charge in [-0.05, 0) is 0 Å². The highest BCUT2D eigenvalue weighted by atomic mass is 16.5. The molecule has 0 aliphatic carbocycles. The molecule has 0 bridgehead atoms. The summed E-state index contributed by atoms with van der Waals surface area (Å²) < 4.78 is 20.2. The molecule has 6 heteroatoms. The fraction of sp³-hybridized carbons (Fsp3) is 0.462. The van der Waals surface area contributed by atoms with Crippen LogP contribution in [0.1, 0.15) is 16.8 Å². The normalized spacial score (nSPS) is 10.1. The maximum absolute atomic E-state index is 11.9. The van der Waals surface area contributed by atoms with Crippen molar-refractivity contribution in [3.63, 3.8) is 0 Å². The lowest BCUT2D eigenvalue weighted by Gasteiger charge is -2.12. The van der Waals surface area contributed by atoms with Gasteiger partial charge in [0.2, 0.25) is 0 Å². The van der Waals surface area contributed by atoms with Crippen molar-refractivity contribution in [3.8, 4) is 11.5 Å². The predicted octanol–water partition coefficient (Wildman–Crippen LogP) is 1.48. The average Bonchev–Trinajstić information content (AvgIpc) is 2.42. The second-order valence-corrected chi connectivity index (χ2v) is 3.78. The summed E-state index contributed by atoms with van der Waals surface area (Å²) in [6.45, 7) is 0.815. The van der Waals surface area contributed by atoms with Crippen molar-refractivity contribution in [2.24, 2.45) is 0 Å². The van der Waals surface area contributed by atoms with E-state index in [1.807, 2.05) is 0 Å². The van der Waals surface area contributed by atoms with Gasteiger partial charge in [-0.2, -0.15) is 0 Å². The van der Waals surface area contributed by atoms with E-state index in [9.17, 15) is 4.79 Å². The van der Waals surface area contributed by atoms with Crippen molar-refractivity contribution in [1.82, 2.24) is 0 Å². The Morgan fingerprint density at radius 1 is 1.11 bits per heavy atom. The second-order valence-electron chi connectivity index (χ2n) is 3.78. The number of rotatable bonds is 7. The Balaban J connectivity index is 2.79. The molecule has 0 aliphatic rings. The average molecular weight is 269 g/mol. The maximum atomic E-state index is 11.9. The van der Waals surface area contributed by atoms with E-state index in [1.54, 1.807) is 7.11 Å². The number of methoxy groups -OCH3 is 3. The van der Waals surface area contributed by atoms with Crippen molar-refractivity contribution in [1.29, 1.82) is 0 Å². The molecule has 0 fully saturated rings. The molecular formula is C13H19NO5. The number of esters is 1. The van der Waals surface area contributed by atoms with E-state index in [1.165, 1.54) is 26.4 Å². The van der Waals surface area contributed by atoms with Gasteiger partial charge in [0.15, 0.2) is 11.5 Å². The molecule has 6 nitrogen and oxygen atoms in total. The second kappa shape index (κ2) is 7.48. The van der Waals surface area contributed by atoms with E-state index in [2.05, 4.69) is 0 Å². The van der Waals surface area contributed by atoms with Crippen molar-refractivity contribution < 1.29 is 23.7 Å². The number of ether oxygens (including phenoxy) is 4. The maximum Gasteiger partial charge on any atom is 0.340 e. The zero-order valence-corrected chi connectivity index (χ0v) is 11.4. The summed E-state index contributed by atoms with van der Waals surface area (Å²) in [5.41, 5.74) is 6.34. The van der Waals surface area contributed by atoms with Crippen LogP contribution in [0, 0.1) is 0 Å². The highest BCUT2D eigenvalue weighted by molar-refractivity contribution is 5.96. The third kappa shape index (κ3) is 4.03. The van der Waals surface area contributed by atoms with E-state index < -0.39 is 5.97 Å². The summed E-state index contributed by atoms with van der Waals surface area (Å²) >= 11 is 0. The van der Waals surface area contributed by atoms with E-state index in [0.29, 0.717) is 24.5 Å². The van der Waals surface area contributed by atoms with Gasteiger partial charge in [0.05, 0.1) is 32.1 Å². The molecule has 0 unspecified atom stereocenters. The number of carbonyl (C=O) groups excluding carboxylic acids is 1. The molecule has 0 heterocycles. The number of hydrogen-bond acceptors (Lipinski definition) is 6. The first-order chi connectivity index (χ1) is 9.13. The van der Waals surface area contributed by atoms with Gasteiger partial charge in [0, 0.05) is 32.3 Å². The molecule has 0 aromatic heterocycles. The van der Waals surface area contributed by atoms with Gasteiger partial charge in [0.25, 0.3) is 0 Å². The molecule has 0 amide bonds. The molecule has 0 saturated heterocycles. The number of benzene rings is 1. The quantitative estimate of drug-likeness (QED) is 0.459. The summed E-state index contributed by atoms with van der Waals surface area (Å²) in [4.78, 5) is 11.9. The van der Waals surface area contributed by atoms with Crippen LogP contribution in [0.5, 0.6) is 11.5 Å². The van der Waals surface area contributed by atoms with Crippen LogP contribution in [-0.2, 0) is 9.47 Å². The van der Waals surface area contributed by atoms with Gasteiger partial charge in [0.1, 0.15) is 0 Å². The minimum atomic E-state index is -0.491. The standard InChI is InChI=1S/C13H19NO5/c1-16-5-4-6-19-13(15)9-7-11(17-2)12(18-3)8-10(9)14/h7-8H,4-6,14H2,1-3H3. The summed E-state index contributed by atoms with van der Waals surface area (Å²) in [6, 6.07) is 3.04. The first-order valence-corrected chi connectivity index (χ1v) is 5.81. The van der Waals surface area contributed by atoms with Crippen LogP contribution in [0.4, 0.5) is 5.69 Å². The number of hydrogen-bond donors (Lipinski definition) is 1. The van der Waals surface area contributed by atoms with E-state index in [4.69, 9.17) is 24.7 Å². The molecular weight excluding hydrogens is 250 g/mol. The first kappa shape index (κ1) is 15.1. The van der Waals surface area contributed by atoms with Crippen molar-refractivity contribution in [2.75, 3.05) is 40.3 Å². The Bertz CT molecular complexity index is 433. The van der Waals surface area contributed by atoms with E-state index in [0.717, 1.165) is 0 Å². The fourth-order valence-corrected chi connectivity index (χ4v) is 1.52. The minimum Gasteiger partial charge on any atom is -0.493 e. The highest BCUT2D eigenvalue weighted by Crippen LogP contribution is 2.32. The zero-order chi connectivity index (χ0) is 14.3. The van der Waals surface area contributed by atoms with Crippen LogP contribution in [0.2, 0.25) is 0 Å². The van der Waals surface area contributed by atoms with Crippen molar-refractivity contribution >= 4 is 11.7 Å². The predicted molar refractivity (Wildman–Crippen MR) is 70.7 cm³/mol. The first-order valence-electron chi connectivity index (χ1n) is 5.81. The summed E-state index contributed by atoms with van der Waals surface area (Å²) in [7, 11) is 4.58. The molecule has 0 saturated carbocycles. The zero-order valence-electron chi connectivity index (χ0n) is 11.4. The highest BCUT2D eigenvalue weighted by Gasteiger charge is 2.16. The third-order valence-electron chi connectivity index (χ3n) is 2.50. The van der Waals surface area contributed by atoms with Crippen molar-refractivity contribution in [3.05, 3.63) is 17.7 Å². The smallest absolute Gasteiger partial charge is 0.340 e. The third-order valence-corrected chi connectivity index (χ3v) is 2.50. The van der Waals surface area contributed by atoms with Gasteiger partial charge in [-0.25, -0.2) is 4.79 Å². The minimum absolute atomic E-state index is 0.259. The molecule has 1 aromatic rings. The van der Waals surface area contributed by atoms with Gasteiger partial charge in [-0.15, -0.1) is 0 Å². The van der Waals surface area contributed by atoms with Crippen LogP contribution < -0.4 is 15.2 Å². The lowest BCUT2D eigenvalue weighted by molar-refractivity contribution is 0.0469. The number of nitrogens with two attached hydrogens (primary N) is 1. The fourth-order valence-electron chi connectivity index (χ4n) is 1.52. The number of anilines is 1. The van der Waals surface area contributed by atoms with Gasteiger partial charge in [-0.1, -0.05) is 0 Å². The van der Waals surface area contributed by atoms with Gasteiger partial charge in [-0.3, -0.25) is 0 Å². The molecule has 19 heavy (non-hydrogen) atoms. The van der Waals surface area contributed by atoms with Crippen molar-refractivity contribution in [2.45, 2.75) is 6.42 Å². The van der Waals surface area contributed by atoms with Gasteiger partial charge < -0.3 is 24.7 Å². The Labute approximate surface area is 112 Å². The number of nitrogen functional groups attached to an aromatic ring is 1. The largest absolute Gasteiger partial charge is 0.493 e. The van der Waals surface area contributed by atoms with Crippen LogP contribution in [0.15, 0.2) is 12.1 Å². The van der Waals surface area contributed by atoms with Crippen LogP contribution in [0.25, 0.3) is 0 Å². The number of carbonyl (C=O) groups is 1. The molecule has 1 rings (SSSR count). The SMILES string of the molecule is COCCCOC(=O)c1cc(OC)c(OC)cc1N. The van der Waals surface area contributed by atoms with E-state index >= 15 is 0 Å². The molecule has 0 spiro atoms. The Kier molecular flexibility index (Phi) is 5.95. The van der Waals surface area contributed by atoms with Crippen LogP contribution >= 0.6 is 0 Å². The Morgan fingerprint density at radius 2 is 1.74 bits per heavy atom. The summed E-state index contributed by atoms with van der Waals surface area (Å²) in [5, 5.41) is 0. The Hall–Kier alpha value is -1.95. The molecule has 106 valence electrons. The lowest BCUT2D eigenvalue weighted by atomic mass is 10.1. The molecule has 0 aliphatic heterocycles. The Morgan fingerprint density at radius 3 is 2.32 bits per heavy atom. The molecule has 0 atom stereocenters. The summed E-state index contributed by atoms with van der Waals surface area (Å²) in [6.07, 6.45) is 0.634. The monoisotopic (exact) mass is 269 g/mol. The van der Waals surface area contributed by atoms with Gasteiger partial charge >= 0.3 is 5.97 Å². The molecule has 1 aromatic carbocycles. The molecule has 0 radical (unpaired) electrons. The lowest BCUT2D eigenvalue weighted by Crippen LogP contribution is -2.11. The summed E-state index contributed by atoms with van der Waals surface area (Å²) in [5.74, 6) is 0.408. The molecule has 2 N–H and O–H groups in total. The topological polar surface area (TPSA) is 80.0 Å². The van der Waals surface area contributed by atoms with Crippen LogP contribution in [-0.4, -0.2) is 40.5 Å². The van der Waals surface area contributed by atoms with E-state index in [-0.39, 0.29) is 17.9 Å².